The molecule has 1 saturated heterocycles. The number of hydrogen-bond donors (Lipinski definition) is 1. The number of nitrogens with one attached hydrogen (secondary N) is 1. The Morgan fingerprint density at radius 3 is 2.14 bits per heavy atom. The smallest absolute Gasteiger partial charge is 0.113 e. The van der Waals surface area contributed by atoms with Crippen LogP contribution < -0.4 is 5.39 Å². The topological polar surface area (TPSA) is 46.0 Å². The standard InChI is InChI=1S/C3H7NO3/c5-4-6-2-1-3-7-4/h4H,1-3H2. The first kappa shape index (κ1) is 4.99. The molecule has 0 bridgehead atoms. The average molecular weight is 105 g/mol. The van der Waals surface area contributed by atoms with Gasteiger partial charge in [0.25, 0.3) is 0 Å². The third-order valence-electron chi connectivity index (χ3n) is 0.729. The third kappa shape index (κ3) is 1.40. The van der Waals surface area contributed by atoms with Gasteiger partial charge in [-0.3, -0.25) is 0 Å². The summed E-state index contributed by atoms with van der Waals surface area (Å²) in [5, 5.41) is 9.48. The lowest BCUT2D eigenvalue weighted by Gasteiger charge is -2.20. The number of hydrogen-bond acceptors (Lipinski definition) is 3. The van der Waals surface area contributed by atoms with Gasteiger partial charge in [-0.15, -0.1) is 0 Å². The van der Waals surface area contributed by atoms with Crippen molar-refractivity contribution in [2.24, 2.45) is 0 Å². The van der Waals surface area contributed by atoms with Crippen LogP contribution in [0.25, 0.3) is 0 Å². The van der Waals surface area contributed by atoms with Gasteiger partial charge in [0.15, 0.2) is 0 Å². The van der Waals surface area contributed by atoms with E-state index in [1.165, 1.54) is 0 Å². The summed E-state index contributed by atoms with van der Waals surface area (Å²) in [5.74, 6) is 0. The van der Waals surface area contributed by atoms with Gasteiger partial charge in [-0.2, -0.15) is 9.68 Å². The van der Waals surface area contributed by atoms with E-state index < -0.39 is 5.39 Å². The molecule has 0 aromatic rings. The number of rotatable bonds is 0. The normalized spacial score (nSPS) is 25.3. The summed E-state index contributed by atoms with van der Waals surface area (Å²) in [4.78, 5) is 8.83. The van der Waals surface area contributed by atoms with Gasteiger partial charge in [-0.05, 0) is 0 Å². The largest absolute Gasteiger partial charge is 0.566 e. The molecule has 1 aliphatic heterocycles. The van der Waals surface area contributed by atoms with Crippen molar-refractivity contribution in [1.82, 2.24) is 0 Å². The first-order valence-electron chi connectivity index (χ1n) is 2.19. The van der Waals surface area contributed by atoms with Crippen LogP contribution in [0.2, 0.25) is 0 Å². The molecular weight excluding hydrogens is 98.0 g/mol. The van der Waals surface area contributed by atoms with E-state index in [4.69, 9.17) is 0 Å². The van der Waals surface area contributed by atoms with Crippen molar-refractivity contribution >= 4 is 0 Å². The van der Waals surface area contributed by atoms with Gasteiger partial charge in [0.1, 0.15) is 13.2 Å². The lowest BCUT2D eigenvalue weighted by atomic mass is 10.5. The van der Waals surface area contributed by atoms with Crippen LogP contribution in [0.3, 0.4) is 0 Å². The van der Waals surface area contributed by atoms with Crippen molar-refractivity contribution < 1.29 is 15.1 Å². The van der Waals surface area contributed by atoms with Crippen molar-refractivity contribution in [2.45, 2.75) is 6.42 Å². The van der Waals surface area contributed by atoms with Gasteiger partial charge in [0, 0.05) is 6.42 Å². The Bertz CT molecular complexity index is 52.1. The van der Waals surface area contributed by atoms with E-state index in [9.17, 15) is 5.21 Å². The van der Waals surface area contributed by atoms with Crippen LogP contribution in [0, 0.1) is 5.21 Å². The Morgan fingerprint density at radius 2 is 1.86 bits per heavy atom. The molecule has 0 radical (unpaired) electrons. The van der Waals surface area contributed by atoms with Gasteiger partial charge in [0.2, 0.25) is 0 Å². The minimum absolute atomic E-state index is 0.513. The Labute approximate surface area is 41.1 Å². The van der Waals surface area contributed by atoms with Crippen molar-refractivity contribution in [3.05, 3.63) is 5.21 Å². The Balaban J connectivity index is 2.12. The highest BCUT2D eigenvalue weighted by Gasteiger charge is 2.04. The molecule has 1 N–H and O–H groups in total. The minimum Gasteiger partial charge on any atom is -0.566 e. The van der Waals surface area contributed by atoms with Crippen LogP contribution in [-0.2, 0) is 9.68 Å². The Hall–Kier alpha value is -0.160. The highest BCUT2D eigenvalue weighted by Crippen LogP contribution is 1.81. The molecule has 4 heteroatoms. The molecule has 0 amide bonds. The van der Waals surface area contributed by atoms with Crippen LogP contribution in [0.15, 0.2) is 0 Å². The molecule has 1 rings (SSSR count). The molecule has 0 aromatic heterocycles. The molecular formula is C3H7NO3. The molecule has 7 heavy (non-hydrogen) atoms. The van der Waals surface area contributed by atoms with Gasteiger partial charge in [0.05, 0.1) is 0 Å². The van der Waals surface area contributed by atoms with E-state index in [1.807, 2.05) is 0 Å². The van der Waals surface area contributed by atoms with Crippen LogP contribution in [0.4, 0.5) is 0 Å². The number of quaternary nitrogens is 1. The zero-order valence-corrected chi connectivity index (χ0v) is 3.85. The summed E-state index contributed by atoms with van der Waals surface area (Å²) in [6.45, 7) is 1.03. The average Bonchev–Trinajstić information content (AvgIpc) is 1.69. The Morgan fingerprint density at radius 1 is 1.29 bits per heavy atom. The molecule has 0 aliphatic carbocycles. The van der Waals surface area contributed by atoms with E-state index in [0.29, 0.717) is 13.2 Å². The van der Waals surface area contributed by atoms with Crippen molar-refractivity contribution in [3.63, 3.8) is 0 Å². The Kier molecular flexibility index (Phi) is 1.59. The second-order valence-corrected chi connectivity index (χ2v) is 1.30. The predicted molar refractivity (Wildman–Crippen MR) is 20.9 cm³/mol. The molecule has 0 spiro atoms. The van der Waals surface area contributed by atoms with Crippen LogP contribution >= 0.6 is 0 Å². The quantitative estimate of drug-likeness (QED) is 0.387. The van der Waals surface area contributed by atoms with E-state index in [0.717, 1.165) is 6.42 Å². The molecule has 0 unspecified atom stereocenters. The summed E-state index contributed by atoms with van der Waals surface area (Å²) in [6, 6.07) is 0. The minimum atomic E-state index is -0.536. The lowest BCUT2D eigenvalue weighted by molar-refractivity contribution is -1.21. The SMILES string of the molecule is [O-][NH+]1OCCCO1. The van der Waals surface area contributed by atoms with E-state index in [-0.39, 0.29) is 0 Å². The van der Waals surface area contributed by atoms with Gasteiger partial charge < -0.3 is 5.21 Å². The zero-order chi connectivity index (χ0) is 5.11. The lowest BCUT2D eigenvalue weighted by Crippen LogP contribution is -3.06. The molecule has 0 aromatic carbocycles. The first-order valence-corrected chi connectivity index (χ1v) is 2.19. The van der Waals surface area contributed by atoms with Crippen LogP contribution in [0.1, 0.15) is 6.42 Å². The van der Waals surface area contributed by atoms with E-state index >= 15 is 0 Å². The van der Waals surface area contributed by atoms with Gasteiger partial charge in [-0.25, -0.2) is 0 Å². The fourth-order valence-corrected chi connectivity index (χ4v) is 0.412. The van der Waals surface area contributed by atoms with Crippen LogP contribution in [0.5, 0.6) is 0 Å². The fourth-order valence-electron chi connectivity index (χ4n) is 0.412. The molecule has 4 nitrogen and oxygen atoms in total. The summed E-state index contributed by atoms with van der Waals surface area (Å²) in [5.41, 5.74) is 0. The molecule has 42 valence electrons. The monoisotopic (exact) mass is 105 g/mol. The zero-order valence-electron chi connectivity index (χ0n) is 3.85. The highest BCUT2D eigenvalue weighted by molar-refractivity contribution is 4.28. The van der Waals surface area contributed by atoms with Gasteiger partial charge >= 0.3 is 0 Å². The summed E-state index contributed by atoms with van der Waals surface area (Å²) >= 11 is 0. The molecule has 0 saturated carbocycles. The second kappa shape index (κ2) is 2.23. The highest BCUT2D eigenvalue weighted by atomic mass is 17.1. The van der Waals surface area contributed by atoms with E-state index in [2.05, 4.69) is 9.68 Å². The third-order valence-corrected chi connectivity index (χ3v) is 0.729. The van der Waals surface area contributed by atoms with Gasteiger partial charge in [-0.1, -0.05) is 5.39 Å². The predicted octanol–water partition coefficient (Wildman–Crippen LogP) is -1.36. The van der Waals surface area contributed by atoms with Crippen molar-refractivity contribution in [2.75, 3.05) is 13.2 Å². The maximum absolute atomic E-state index is 10.0. The second-order valence-electron chi connectivity index (χ2n) is 1.30. The first-order chi connectivity index (χ1) is 3.39. The maximum atomic E-state index is 10.0. The summed E-state index contributed by atoms with van der Waals surface area (Å²) < 4.78 is 0. The van der Waals surface area contributed by atoms with Crippen molar-refractivity contribution in [3.8, 4) is 0 Å². The van der Waals surface area contributed by atoms with Crippen molar-refractivity contribution in [1.29, 1.82) is 0 Å². The molecule has 1 fully saturated rings. The summed E-state index contributed by atoms with van der Waals surface area (Å²) in [7, 11) is 0. The van der Waals surface area contributed by atoms with Crippen LogP contribution in [-0.4, -0.2) is 13.2 Å². The summed E-state index contributed by atoms with van der Waals surface area (Å²) in [6.07, 6.45) is 0.825. The molecule has 1 aliphatic rings. The maximum Gasteiger partial charge on any atom is 0.113 e. The molecule has 0 atom stereocenters. The molecule has 1 heterocycles. The fraction of sp³-hybridized carbons (Fsp3) is 1.00. The van der Waals surface area contributed by atoms with E-state index in [1.54, 1.807) is 0 Å².